The van der Waals surface area contributed by atoms with Gasteiger partial charge in [0.2, 0.25) is 0 Å². The van der Waals surface area contributed by atoms with E-state index in [-0.39, 0.29) is 18.6 Å². The highest BCUT2D eigenvalue weighted by atomic mass is 16.3. The normalized spacial score (nSPS) is 16.0. The van der Waals surface area contributed by atoms with Gasteiger partial charge in [-0.05, 0) is 62.9 Å². The van der Waals surface area contributed by atoms with Crippen LogP contribution in [0.25, 0.3) is 16.9 Å². The summed E-state index contributed by atoms with van der Waals surface area (Å²) in [7, 11) is 0. The van der Waals surface area contributed by atoms with E-state index in [0.717, 1.165) is 47.3 Å². The summed E-state index contributed by atoms with van der Waals surface area (Å²) in [5.41, 5.74) is 5.66. The molecule has 1 aromatic carbocycles. The van der Waals surface area contributed by atoms with Crippen LogP contribution in [-0.4, -0.2) is 58.3 Å². The highest BCUT2D eigenvalue weighted by molar-refractivity contribution is 5.98. The molecule has 5 rings (SSSR count). The standard InChI is InChI=1S/C26H29N7O2/c1-18-6-7-25(33-27-8-9-28-33)23(11-18)26(35)32-10-4-3-5-22(32)16-31-15-21(14-29-31)24-13-20(17-34)12-19(2)30-24/h6-9,11-15,22,34H,3-5,10,16-17H2,1-2H3/t22-/m0/s1. The Balaban J connectivity index is 1.40. The highest BCUT2D eigenvalue weighted by Crippen LogP contribution is 2.25. The summed E-state index contributed by atoms with van der Waals surface area (Å²) in [6.45, 7) is 5.18. The first-order valence-corrected chi connectivity index (χ1v) is 11.9. The molecule has 0 bridgehead atoms. The van der Waals surface area contributed by atoms with Crippen LogP contribution < -0.4 is 0 Å². The number of aromatic nitrogens is 6. The summed E-state index contributed by atoms with van der Waals surface area (Å²) >= 11 is 0. The molecule has 9 nitrogen and oxygen atoms in total. The number of hydrogen-bond acceptors (Lipinski definition) is 6. The molecule has 3 aromatic heterocycles. The van der Waals surface area contributed by atoms with Crippen molar-refractivity contribution < 1.29 is 9.90 Å². The van der Waals surface area contributed by atoms with Crippen molar-refractivity contribution in [2.75, 3.05) is 6.54 Å². The minimum absolute atomic E-state index is 0.00832. The van der Waals surface area contributed by atoms with Crippen molar-refractivity contribution in [2.24, 2.45) is 0 Å². The van der Waals surface area contributed by atoms with Crippen molar-refractivity contribution in [3.8, 4) is 16.9 Å². The molecule has 1 aliphatic rings. The van der Waals surface area contributed by atoms with E-state index in [2.05, 4.69) is 20.3 Å². The fourth-order valence-corrected chi connectivity index (χ4v) is 4.74. The molecule has 1 N–H and O–H groups in total. The lowest BCUT2D eigenvalue weighted by atomic mass is 9.99. The molecule has 9 heteroatoms. The van der Waals surface area contributed by atoms with Crippen LogP contribution in [0.15, 0.2) is 55.1 Å². The number of piperidine rings is 1. The number of hydrogen-bond donors (Lipinski definition) is 1. The molecule has 0 spiro atoms. The number of aryl methyl sites for hydroxylation is 2. The van der Waals surface area contributed by atoms with Gasteiger partial charge in [-0.2, -0.15) is 20.1 Å². The molecular formula is C26H29N7O2. The quantitative estimate of drug-likeness (QED) is 0.463. The summed E-state index contributed by atoms with van der Waals surface area (Å²) in [5, 5.41) is 22.6. The lowest BCUT2D eigenvalue weighted by Crippen LogP contribution is -2.46. The van der Waals surface area contributed by atoms with Crippen LogP contribution in [0.3, 0.4) is 0 Å². The zero-order valence-electron chi connectivity index (χ0n) is 20.0. The molecule has 1 fully saturated rings. The molecule has 0 radical (unpaired) electrons. The van der Waals surface area contributed by atoms with E-state index in [1.54, 1.807) is 18.6 Å². The van der Waals surface area contributed by atoms with E-state index in [0.29, 0.717) is 24.3 Å². The second kappa shape index (κ2) is 9.79. The topological polar surface area (TPSA) is 102 Å². The first-order chi connectivity index (χ1) is 17.0. The minimum atomic E-state index is -0.0291. The number of amides is 1. The zero-order chi connectivity index (χ0) is 24.4. The first-order valence-electron chi connectivity index (χ1n) is 11.9. The van der Waals surface area contributed by atoms with Crippen molar-refractivity contribution >= 4 is 5.91 Å². The Morgan fingerprint density at radius 2 is 1.91 bits per heavy atom. The van der Waals surface area contributed by atoms with Crippen molar-refractivity contribution in [3.63, 3.8) is 0 Å². The van der Waals surface area contributed by atoms with Gasteiger partial charge in [-0.15, -0.1) is 0 Å². The van der Waals surface area contributed by atoms with Crippen molar-refractivity contribution in [2.45, 2.75) is 52.3 Å². The van der Waals surface area contributed by atoms with Crippen LogP contribution >= 0.6 is 0 Å². The first kappa shape index (κ1) is 22.9. The lowest BCUT2D eigenvalue weighted by molar-refractivity contribution is 0.0583. The summed E-state index contributed by atoms with van der Waals surface area (Å²) in [6, 6.07) is 9.57. The molecule has 0 aliphatic carbocycles. The number of rotatable bonds is 6. The largest absolute Gasteiger partial charge is 0.392 e. The van der Waals surface area contributed by atoms with Gasteiger partial charge in [0.1, 0.15) is 0 Å². The van der Waals surface area contributed by atoms with Crippen molar-refractivity contribution in [3.05, 3.63) is 77.5 Å². The average Bonchev–Trinajstić information content (AvgIpc) is 3.56. The summed E-state index contributed by atoms with van der Waals surface area (Å²) in [4.78, 5) is 21.9. The van der Waals surface area contributed by atoms with E-state index < -0.39 is 0 Å². The monoisotopic (exact) mass is 471 g/mol. The smallest absolute Gasteiger partial charge is 0.256 e. The van der Waals surface area contributed by atoms with Gasteiger partial charge in [0, 0.05) is 24.0 Å². The Kier molecular flexibility index (Phi) is 6.41. The number of carbonyl (C=O) groups is 1. The Labute approximate surface area is 204 Å². The van der Waals surface area contributed by atoms with Crippen LogP contribution in [0.1, 0.15) is 46.4 Å². The second-order valence-electron chi connectivity index (χ2n) is 9.10. The molecule has 1 saturated heterocycles. The SMILES string of the molecule is Cc1ccc(-n2nccn2)c(C(=O)N2CCCC[C@H]2Cn2cc(-c3cc(CO)cc(C)n3)cn2)c1. The molecule has 4 aromatic rings. The number of benzene rings is 1. The molecule has 4 heterocycles. The third-order valence-electron chi connectivity index (χ3n) is 6.43. The van der Waals surface area contributed by atoms with E-state index in [4.69, 9.17) is 0 Å². The van der Waals surface area contributed by atoms with Crippen molar-refractivity contribution in [1.82, 2.24) is 34.7 Å². The number of pyridine rings is 1. The minimum Gasteiger partial charge on any atom is -0.392 e. The Bertz CT molecular complexity index is 1330. The van der Waals surface area contributed by atoms with E-state index in [1.807, 2.05) is 60.0 Å². The predicted octanol–water partition coefficient (Wildman–Crippen LogP) is 3.33. The third-order valence-corrected chi connectivity index (χ3v) is 6.43. The zero-order valence-corrected chi connectivity index (χ0v) is 20.0. The van der Waals surface area contributed by atoms with Gasteiger partial charge >= 0.3 is 0 Å². The number of aliphatic hydroxyl groups excluding tert-OH is 1. The predicted molar refractivity (Wildman–Crippen MR) is 131 cm³/mol. The van der Waals surface area contributed by atoms with Gasteiger partial charge < -0.3 is 10.0 Å². The number of nitrogens with zero attached hydrogens (tertiary/aromatic N) is 7. The second-order valence-corrected chi connectivity index (χ2v) is 9.10. The molecule has 0 unspecified atom stereocenters. The number of likely N-dealkylation sites (tertiary alicyclic amines) is 1. The summed E-state index contributed by atoms with van der Waals surface area (Å²) in [6.07, 6.45) is 9.94. The maximum atomic E-state index is 13.8. The highest BCUT2D eigenvalue weighted by Gasteiger charge is 2.30. The number of aliphatic hydroxyl groups is 1. The Morgan fingerprint density at radius 1 is 1.09 bits per heavy atom. The van der Waals surface area contributed by atoms with Crippen LogP contribution in [0.2, 0.25) is 0 Å². The summed E-state index contributed by atoms with van der Waals surface area (Å²) in [5.74, 6) is -0.00832. The molecule has 0 saturated carbocycles. The fraction of sp³-hybridized carbons (Fsp3) is 0.346. The Morgan fingerprint density at radius 3 is 2.71 bits per heavy atom. The van der Waals surface area contributed by atoms with Gasteiger partial charge in [0.05, 0.1) is 54.7 Å². The van der Waals surface area contributed by atoms with Gasteiger partial charge in [-0.3, -0.25) is 14.5 Å². The molecule has 1 atom stereocenters. The van der Waals surface area contributed by atoms with Crippen LogP contribution in [-0.2, 0) is 13.2 Å². The Hall–Kier alpha value is -3.85. The molecular weight excluding hydrogens is 442 g/mol. The van der Waals surface area contributed by atoms with E-state index in [1.165, 1.54) is 4.80 Å². The van der Waals surface area contributed by atoms with Gasteiger partial charge in [0.15, 0.2) is 0 Å². The van der Waals surface area contributed by atoms with Gasteiger partial charge in [0.25, 0.3) is 5.91 Å². The molecule has 1 aliphatic heterocycles. The fourth-order valence-electron chi connectivity index (χ4n) is 4.74. The third kappa shape index (κ3) is 4.85. The van der Waals surface area contributed by atoms with Crippen LogP contribution in [0, 0.1) is 13.8 Å². The maximum absolute atomic E-state index is 13.8. The van der Waals surface area contributed by atoms with Gasteiger partial charge in [-0.25, -0.2) is 0 Å². The summed E-state index contributed by atoms with van der Waals surface area (Å²) < 4.78 is 1.89. The van der Waals surface area contributed by atoms with E-state index in [9.17, 15) is 9.90 Å². The van der Waals surface area contributed by atoms with Gasteiger partial charge in [-0.1, -0.05) is 11.6 Å². The molecule has 1 amide bonds. The lowest BCUT2D eigenvalue weighted by Gasteiger charge is -2.36. The van der Waals surface area contributed by atoms with Crippen molar-refractivity contribution in [1.29, 1.82) is 0 Å². The molecule has 35 heavy (non-hydrogen) atoms. The molecule has 180 valence electrons. The maximum Gasteiger partial charge on any atom is 0.256 e. The van der Waals surface area contributed by atoms with Crippen LogP contribution in [0.4, 0.5) is 0 Å². The number of carbonyl (C=O) groups excluding carboxylic acids is 1. The van der Waals surface area contributed by atoms with E-state index >= 15 is 0 Å². The average molecular weight is 472 g/mol. The van der Waals surface area contributed by atoms with Crippen LogP contribution in [0.5, 0.6) is 0 Å².